The summed E-state index contributed by atoms with van der Waals surface area (Å²) in [5.41, 5.74) is 0. The van der Waals surface area contributed by atoms with Crippen molar-refractivity contribution in [2.45, 2.75) is 51.8 Å². The second kappa shape index (κ2) is 6.05. The summed E-state index contributed by atoms with van der Waals surface area (Å²) in [5, 5.41) is 0. The first kappa shape index (κ1) is 11.5. The molecule has 0 amide bonds. The predicted octanol–water partition coefficient (Wildman–Crippen LogP) is 4.23. The molecule has 0 aromatic heterocycles. The van der Waals surface area contributed by atoms with E-state index in [0.717, 1.165) is 16.7 Å². The summed E-state index contributed by atoms with van der Waals surface area (Å²) in [6.45, 7) is 9.21. The molecule has 0 radical (unpaired) electrons. The molecule has 0 saturated heterocycles. The van der Waals surface area contributed by atoms with E-state index in [4.69, 9.17) is 0 Å². The number of alkyl halides is 1. The van der Waals surface area contributed by atoms with Crippen molar-refractivity contribution in [2.75, 3.05) is 0 Å². The first-order valence-electron chi connectivity index (χ1n) is 4.77. The third-order valence-corrected chi connectivity index (χ3v) is 3.97. The van der Waals surface area contributed by atoms with Gasteiger partial charge < -0.3 is 0 Å². The molecule has 3 unspecified atom stereocenters. The minimum Gasteiger partial charge on any atom is -0.0888 e. The minimum atomic E-state index is 0.724. The van der Waals surface area contributed by atoms with E-state index < -0.39 is 0 Å². The zero-order chi connectivity index (χ0) is 8.85. The molecule has 0 N–H and O–H groups in total. The fourth-order valence-electron chi connectivity index (χ4n) is 1.27. The van der Waals surface area contributed by atoms with Gasteiger partial charge in [0.1, 0.15) is 0 Å². The van der Waals surface area contributed by atoms with Crippen LogP contribution in [0.1, 0.15) is 47.0 Å². The summed E-state index contributed by atoms with van der Waals surface area (Å²) < 4.78 is 0. The molecule has 0 aliphatic carbocycles. The highest BCUT2D eigenvalue weighted by atomic mass is 79.9. The summed E-state index contributed by atoms with van der Waals surface area (Å²) in [6, 6.07) is 0. The molecule has 0 nitrogen and oxygen atoms in total. The lowest BCUT2D eigenvalue weighted by molar-refractivity contribution is 0.359. The lowest BCUT2D eigenvalue weighted by atomic mass is 9.89. The van der Waals surface area contributed by atoms with Crippen LogP contribution in [-0.4, -0.2) is 4.83 Å². The van der Waals surface area contributed by atoms with Gasteiger partial charge in [0, 0.05) is 4.83 Å². The Hall–Kier alpha value is 0.480. The Morgan fingerprint density at radius 3 is 2.09 bits per heavy atom. The second-order valence-electron chi connectivity index (χ2n) is 3.55. The fraction of sp³-hybridized carbons (Fsp3) is 1.00. The van der Waals surface area contributed by atoms with Crippen molar-refractivity contribution in [3.8, 4) is 0 Å². The molecule has 1 heteroatoms. The monoisotopic (exact) mass is 220 g/mol. The lowest BCUT2D eigenvalue weighted by Crippen LogP contribution is -2.18. The van der Waals surface area contributed by atoms with Gasteiger partial charge in [-0.3, -0.25) is 0 Å². The molecule has 0 fully saturated rings. The van der Waals surface area contributed by atoms with Crippen LogP contribution in [-0.2, 0) is 0 Å². The van der Waals surface area contributed by atoms with Gasteiger partial charge in [-0.05, 0) is 18.3 Å². The van der Waals surface area contributed by atoms with Gasteiger partial charge in [0.15, 0.2) is 0 Å². The molecular formula is C10H21Br. The second-order valence-corrected chi connectivity index (χ2v) is 4.73. The van der Waals surface area contributed by atoms with E-state index >= 15 is 0 Å². The van der Waals surface area contributed by atoms with Gasteiger partial charge >= 0.3 is 0 Å². The van der Waals surface area contributed by atoms with E-state index in [9.17, 15) is 0 Å². The topological polar surface area (TPSA) is 0 Å². The highest BCUT2D eigenvalue weighted by Gasteiger charge is 2.17. The Kier molecular flexibility index (Phi) is 6.31. The van der Waals surface area contributed by atoms with Crippen LogP contribution in [0.4, 0.5) is 0 Å². The van der Waals surface area contributed by atoms with Gasteiger partial charge in [-0.25, -0.2) is 0 Å². The highest BCUT2D eigenvalue weighted by molar-refractivity contribution is 9.09. The molecule has 0 aromatic rings. The van der Waals surface area contributed by atoms with E-state index in [0.29, 0.717) is 0 Å². The number of rotatable bonds is 5. The van der Waals surface area contributed by atoms with Crippen LogP contribution in [0.25, 0.3) is 0 Å². The van der Waals surface area contributed by atoms with Crippen LogP contribution in [0.15, 0.2) is 0 Å². The Morgan fingerprint density at radius 1 is 1.18 bits per heavy atom. The quantitative estimate of drug-likeness (QED) is 0.609. The Morgan fingerprint density at radius 2 is 1.73 bits per heavy atom. The van der Waals surface area contributed by atoms with Gasteiger partial charge in [0.25, 0.3) is 0 Å². The van der Waals surface area contributed by atoms with Crippen molar-refractivity contribution in [1.29, 1.82) is 0 Å². The van der Waals surface area contributed by atoms with Crippen molar-refractivity contribution < 1.29 is 0 Å². The smallest absolute Gasteiger partial charge is 0.0173 e. The first-order valence-corrected chi connectivity index (χ1v) is 5.69. The maximum absolute atomic E-state index is 3.74. The molecule has 0 rings (SSSR count). The van der Waals surface area contributed by atoms with E-state index in [1.807, 2.05) is 0 Å². The van der Waals surface area contributed by atoms with E-state index in [-0.39, 0.29) is 0 Å². The van der Waals surface area contributed by atoms with Gasteiger partial charge in [-0.15, -0.1) is 0 Å². The van der Waals surface area contributed by atoms with Gasteiger partial charge in [0.2, 0.25) is 0 Å². The molecule has 68 valence electrons. The third kappa shape index (κ3) is 4.15. The summed E-state index contributed by atoms with van der Waals surface area (Å²) >= 11 is 3.74. The minimum absolute atomic E-state index is 0.724. The van der Waals surface area contributed by atoms with Crippen molar-refractivity contribution in [3.63, 3.8) is 0 Å². The number of halogens is 1. The summed E-state index contributed by atoms with van der Waals surface area (Å²) in [4.78, 5) is 0.724. The molecule has 0 spiro atoms. The fourth-order valence-corrected chi connectivity index (χ4v) is 2.25. The Bertz CT molecular complexity index is 90.9. The highest BCUT2D eigenvalue weighted by Crippen LogP contribution is 2.26. The summed E-state index contributed by atoms with van der Waals surface area (Å²) in [7, 11) is 0. The molecule has 0 aromatic carbocycles. The van der Waals surface area contributed by atoms with Gasteiger partial charge in [-0.1, -0.05) is 56.5 Å². The standard InChI is InChI=1S/C10H21Br/c1-5-7-10(11)9(4)8(3)6-2/h8-10H,5-7H2,1-4H3. The van der Waals surface area contributed by atoms with E-state index in [1.165, 1.54) is 19.3 Å². The lowest BCUT2D eigenvalue weighted by Gasteiger charge is -2.23. The molecule has 11 heavy (non-hydrogen) atoms. The number of hydrogen-bond acceptors (Lipinski definition) is 0. The van der Waals surface area contributed by atoms with Gasteiger partial charge in [0.05, 0.1) is 0 Å². The third-order valence-electron chi connectivity index (χ3n) is 2.68. The van der Waals surface area contributed by atoms with E-state index in [2.05, 4.69) is 43.6 Å². The van der Waals surface area contributed by atoms with Crippen molar-refractivity contribution >= 4 is 15.9 Å². The molecule has 0 heterocycles. The van der Waals surface area contributed by atoms with Gasteiger partial charge in [-0.2, -0.15) is 0 Å². The average molecular weight is 221 g/mol. The number of hydrogen-bond donors (Lipinski definition) is 0. The van der Waals surface area contributed by atoms with Crippen molar-refractivity contribution in [3.05, 3.63) is 0 Å². The van der Waals surface area contributed by atoms with Crippen molar-refractivity contribution in [1.82, 2.24) is 0 Å². The van der Waals surface area contributed by atoms with Crippen LogP contribution in [0.5, 0.6) is 0 Å². The van der Waals surface area contributed by atoms with E-state index in [1.54, 1.807) is 0 Å². The maximum Gasteiger partial charge on any atom is 0.0173 e. The SMILES string of the molecule is CCCC(Br)C(C)C(C)CC. The van der Waals surface area contributed by atoms with Crippen LogP contribution in [0.3, 0.4) is 0 Å². The van der Waals surface area contributed by atoms with Crippen LogP contribution in [0, 0.1) is 11.8 Å². The first-order chi connectivity index (χ1) is 5.13. The summed E-state index contributed by atoms with van der Waals surface area (Å²) in [6.07, 6.45) is 3.90. The van der Waals surface area contributed by atoms with Crippen LogP contribution in [0.2, 0.25) is 0 Å². The zero-order valence-corrected chi connectivity index (χ0v) is 9.82. The zero-order valence-electron chi connectivity index (χ0n) is 8.23. The molecule has 0 aliphatic heterocycles. The molecule has 0 saturated carbocycles. The Labute approximate surface area is 79.9 Å². The van der Waals surface area contributed by atoms with Crippen LogP contribution >= 0.6 is 15.9 Å². The molecular weight excluding hydrogens is 200 g/mol. The Balaban J connectivity index is 3.70. The largest absolute Gasteiger partial charge is 0.0888 e. The van der Waals surface area contributed by atoms with Crippen molar-refractivity contribution in [2.24, 2.45) is 11.8 Å². The average Bonchev–Trinajstić information content (AvgIpc) is 2.02. The molecule has 0 aliphatic rings. The molecule has 3 atom stereocenters. The summed E-state index contributed by atoms with van der Waals surface area (Å²) in [5.74, 6) is 1.67. The molecule has 0 bridgehead atoms. The normalized spacial score (nSPS) is 19.4. The maximum atomic E-state index is 3.74. The van der Waals surface area contributed by atoms with Crippen LogP contribution < -0.4 is 0 Å². The predicted molar refractivity (Wildman–Crippen MR) is 56.2 cm³/mol.